The molecule has 0 bridgehead atoms. The zero-order valence-electron chi connectivity index (χ0n) is 7.83. The van der Waals surface area contributed by atoms with Gasteiger partial charge in [0, 0.05) is 12.4 Å². The molecule has 0 saturated heterocycles. The Balaban J connectivity index is 0.000000337. The van der Waals surface area contributed by atoms with Crippen molar-refractivity contribution in [3.05, 3.63) is 48.8 Å². The van der Waals surface area contributed by atoms with Gasteiger partial charge in [0.1, 0.15) is 0 Å². The number of hydrogen-bond acceptors (Lipinski definition) is 4. The highest BCUT2D eigenvalue weighted by Crippen LogP contribution is 2.10. The lowest BCUT2D eigenvalue weighted by atomic mass is 10.2. The molecule has 74 valence electrons. The Morgan fingerprint density at radius 2 is 1.20 bits per heavy atom. The fourth-order valence-corrected chi connectivity index (χ4v) is 1.03. The van der Waals surface area contributed by atoms with Crippen LogP contribution in [0.1, 0.15) is 0 Å². The quantitative estimate of drug-likeness (QED) is 0.678. The second-order valence-electron chi connectivity index (χ2n) is 2.51. The fraction of sp³-hybridized carbons (Fsp3) is 0. The second-order valence-corrected chi connectivity index (χ2v) is 2.68. The highest BCUT2D eigenvalue weighted by molar-refractivity contribution is 5.94. The molecule has 0 unspecified atom stereocenters. The van der Waals surface area contributed by atoms with Gasteiger partial charge in [-0.25, -0.2) is 0 Å². The van der Waals surface area contributed by atoms with Gasteiger partial charge >= 0.3 is 9.29 Å². The molecule has 0 N–H and O–H groups in total. The van der Waals surface area contributed by atoms with Gasteiger partial charge in [0.25, 0.3) is 0 Å². The third-order valence-electron chi connectivity index (χ3n) is 1.59. The van der Waals surface area contributed by atoms with Crippen LogP contribution in [0.2, 0.25) is 0 Å². The molecule has 0 spiro atoms. The van der Waals surface area contributed by atoms with E-state index in [-0.39, 0.29) is 0 Å². The van der Waals surface area contributed by atoms with Gasteiger partial charge in [-0.15, -0.1) is 0 Å². The Morgan fingerprint density at radius 3 is 1.47 bits per heavy atom. The molecular formula is C10H8N2O2Si. The lowest BCUT2D eigenvalue weighted by Crippen LogP contribution is -1.83. The highest BCUT2D eigenvalue weighted by Gasteiger charge is 1.95. The molecule has 2 aromatic rings. The Hall–Kier alpha value is -1.88. The zero-order valence-corrected chi connectivity index (χ0v) is 8.83. The van der Waals surface area contributed by atoms with Crippen molar-refractivity contribution in [2.45, 2.75) is 0 Å². The second kappa shape index (κ2) is 6.55. The number of pyridine rings is 2. The summed E-state index contributed by atoms with van der Waals surface area (Å²) in [5, 5.41) is 0. The van der Waals surface area contributed by atoms with Crippen molar-refractivity contribution in [3.8, 4) is 11.4 Å². The van der Waals surface area contributed by atoms with E-state index in [0.29, 0.717) is 0 Å². The van der Waals surface area contributed by atoms with Crippen LogP contribution in [-0.2, 0) is 8.92 Å². The summed E-state index contributed by atoms with van der Waals surface area (Å²) in [6, 6.07) is 11.6. The van der Waals surface area contributed by atoms with E-state index in [1.807, 2.05) is 36.4 Å². The molecule has 0 aliphatic carbocycles. The molecule has 0 aliphatic rings. The van der Waals surface area contributed by atoms with Crippen LogP contribution in [0.5, 0.6) is 0 Å². The minimum Gasteiger partial charge on any atom is -0.274 e. The third kappa shape index (κ3) is 3.78. The molecule has 0 amide bonds. The van der Waals surface area contributed by atoms with Crippen molar-refractivity contribution in [1.29, 1.82) is 0 Å². The van der Waals surface area contributed by atoms with E-state index in [1.165, 1.54) is 0 Å². The van der Waals surface area contributed by atoms with Gasteiger partial charge in [-0.3, -0.25) is 18.9 Å². The molecule has 0 atom stereocenters. The summed E-state index contributed by atoms with van der Waals surface area (Å²) in [4.78, 5) is 8.37. The molecule has 2 rings (SSSR count). The van der Waals surface area contributed by atoms with Gasteiger partial charge in [0.2, 0.25) is 0 Å². The van der Waals surface area contributed by atoms with Crippen molar-refractivity contribution < 1.29 is 8.92 Å². The molecular weight excluding hydrogens is 208 g/mol. The maximum absolute atomic E-state index is 8.40. The van der Waals surface area contributed by atoms with Crippen molar-refractivity contribution in [2.24, 2.45) is 0 Å². The van der Waals surface area contributed by atoms with Gasteiger partial charge < -0.3 is 0 Å². The van der Waals surface area contributed by atoms with E-state index in [2.05, 4.69) is 9.97 Å². The summed E-state index contributed by atoms with van der Waals surface area (Å²) in [5.41, 5.74) is 1.83. The van der Waals surface area contributed by atoms with E-state index in [4.69, 9.17) is 8.92 Å². The normalized spacial score (nSPS) is 8.27. The smallest absolute Gasteiger partial charge is 0.274 e. The Labute approximate surface area is 89.0 Å². The number of aromatic nitrogens is 2. The maximum atomic E-state index is 8.40. The average molecular weight is 216 g/mol. The summed E-state index contributed by atoms with van der Waals surface area (Å²) in [5.74, 6) is 0. The SMILES string of the molecule is O=[Si]=O.c1ccc(-c2ccccn2)nc1. The van der Waals surface area contributed by atoms with Crippen molar-refractivity contribution in [3.63, 3.8) is 0 Å². The Kier molecular flexibility index (Phi) is 4.89. The first-order valence-electron chi connectivity index (χ1n) is 4.20. The van der Waals surface area contributed by atoms with Crippen molar-refractivity contribution in [2.75, 3.05) is 0 Å². The van der Waals surface area contributed by atoms with Gasteiger partial charge in [-0.1, -0.05) is 12.1 Å². The molecule has 2 heterocycles. The van der Waals surface area contributed by atoms with E-state index in [1.54, 1.807) is 12.4 Å². The minimum absolute atomic E-state index is 0.915. The van der Waals surface area contributed by atoms with Crippen LogP contribution in [0.15, 0.2) is 48.8 Å². The lowest BCUT2D eigenvalue weighted by Gasteiger charge is -1.96. The first-order valence-corrected chi connectivity index (χ1v) is 5.02. The lowest BCUT2D eigenvalue weighted by molar-refractivity contribution is 0.497. The predicted molar refractivity (Wildman–Crippen MR) is 54.6 cm³/mol. The highest BCUT2D eigenvalue weighted by atomic mass is 28.2. The van der Waals surface area contributed by atoms with Crippen molar-refractivity contribution in [1.82, 2.24) is 9.97 Å². The van der Waals surface area contributed by atoms with Crippen LogP contribution >= 0.6 is 0 Å². The molecule has 0 fully saturated rings. The van der Waals surface area contributed by atoms with Crippen LogP contribution in [0.25, 0.3) is 11.4 Å². The topological polar surface area (TPSA) is 59.9 Å². The van der Waals surface area contributed by atoms with Gasteiger partial charge in [-0.05, 0) is 24.3 Å². The standard InChI is InChI=1S/C10H8N2.O2Si/c1-3-7-11-9(5-1)10-6-2-4-8-12-10;1-3-2/h1-8H;. The molecule has 0 aromatic carbocycles. The van der Waals surface area contributed by atoms with E-state index < -0.39 is 9.29 Å². The predicted octanol–water partition coefficient (Wildman–Crippen LogP) is 1.53. The molecule has 0 radical (unpaired) electrons. The Bertz CT molecular complexity index is 390. The summed E-state index contributed by atoms with van der Waals surface area (Å²) in [6.07, 6.45) is 3.54. The van der Waals surface area contributed by atoms with Crippen LogP contribution in [-0.4, -0.2) is 19.3 Å². The first kappa shape index (κ1) is 11.2. The summed E-state index contributed by atoms with van der Waals surface area (Å²) >= 11 is 0. The summed E-state index contributed by atoms with van der Waals surface area (Å²) in [6.45, 7) is 0. The van der Waals surface area contributed by atoms with Crippen LogP contribution < -0.4 is 0 Å². The number of hydrogen-bond donors (Lipinski definition) is 0. The molecule has 5 heteroatoms. The van der Waals surface area contributed by atoms with Gasteiger partial charge in [-0.2, -0.15) is 0 Å². The first-order chi connectivity index (χ1) is 7.38. The monoisotopic (exact) mass is 216 g/mol. The van der Waals surface area contributed by atoms with Crippen LogP contribution in [0.4, 0.5) is 0 Å². The maximum Gasteiger partial charge on any atom is 0.549 e. The molecule has 0 aliphatic heterocycles. The fourth-order valence-electron chi connectivity index (χ4n) is 1.03. The zero-order chi connectivity index (χ0) is 10.9. The number of nitrogens with zero attached hydrogens (tertiary/aromatic N) is 2. The summed E-state index contributed by atoms with van der Waals surface area (Å²) < 4.78 is 16.8. The van der Waals surface area contributed by atoms with Crippen molar-refractivity contribution >= 4 is 9.29 Å². The Morgan fingerprint density at radius 1 is 0.800 bits per heavy atom. The van der Waals surface area contributed by atoms with Crippen LogP contribution in [0.3, 0.4) is 0 Å². The summed E-state index contributed by atoms with van der Waals surface area (Å²) in [7, 11) is -1.42. The van der Waals surface area contributed by atoms with E-state index >= 15 is 0 Å². The minimum atomic E-state index is -1.42. The molecule has 2 aromatic heterocycles. The van der Waals surface area contributed by atoms with Gasteiger partial charge in [0.15, 0.2) is 0 Å². The van der Waals surface area contributed by atoms with E-state index in [9.17, 15) is 0 Å². The van der Waals surface area contributed by atoms with Crippen LogP contribution in [0, 0.1) is 0 Å². The van der Waals surface area contributed by atoms with E-state index in [0.717, 1.165) is 11.4 Å². The third-order valence-corrected chi connectivity index (χ3v) is 1.59. The average Bonchev–Trinajstić information content (AvgIpc) is 2.32. The molecule has 4 nitrogen and oxygen atoms in total. The molecule has 0 saturated carbocycles. The molecule has 15 heavy (non-hydrogen) atoms. The number of rotatable bonds is 1. The largest absolute Gasteiger partial charge is 0.549 e. The van der Waals surface area contributed by atoms with Gasteiger partial charge in [0.05, 0.1) is 11.4 Å².